The molecule has 8 heteroatoms. The summed E-state index contributed by atoms with van der Waals surface area (Å²) in [5.41, 5.74) is 0.338. The van der Waals surface area contributed by atoms with Crippen LogP contribution in [0.25, 0.3) is 0 Å². The summed E-state index contributed by atoms with van der Waals surface area (Å²) >= 11 is 0. The lowest BCUT2D eigenvalue weighted by molar-refractivity contribution is -0.133. The molecule has 0 aromatic heterocycles. The van der Waals surface area contributed by atoms with Crippen molar-refractivity contribution in [3.8, 4) is 0 Å². The van der Waals surface area contributed by atoms with Gasteiger partial charge in [-0.1, -0.05) is 0 Å². The molecule has 0 spiro atoms. The van der Waals surface area contributed by atoms with Crippen molar-refractivity contribution in [2.24, 2.45) is 5.92 Å². The summed E-state index contributed by atoms with van der Waals surface area (Å²) in [7, 11) is 0. The molecule has 7 nitrogen and oxygen atoms in total. The molecule has 2 N–H and O–H groups in total. The van der Waals surface area contributed by atoms with Crippen molar-refractivity contribution >= 4 is 17.7 Å². The fourth-order valence-electron chi connectivity index (χ4n) is 2.98. The van der Waals surface area contributed by atoms with E-state index >= 15 is 0 Å². The molecule has 2 fully saturated rings. The van der Waals surface area contributed by atoms with E-state index in [4.69, 9.17) is 4.74 Å². The molecule has 2 atom stereocenters. The summed E-state index contributed by atoms with van der Waals surface area (Å²) in [5, 5.41) is 5.51. The van der Waals surface area contributed by atoms with Crippen LogP contribution in [-0.2, 0) is 14.3 Å². The average molecular weight is 349 g/mol. The zero-order valence-corrected chi connectivity index (χ0v) is 13.7. The average Bonchev–Trinajstić information content (AvgIpc) is 2.83. The van der Waals surface area contributed by atoms with Gasteiger partial charge in [-0.25, -0.2) is 4.39 Å². The van der Waals surface area contributed by atoms with Crippen LogP contribution in [-0.4, -0.2) is 61.5 Å². The first-order valence-electron chi connectivity index (χ1n) is 8.22. The van der Waals surface area contributed by atoms with Crippen LogP contribution >= 0.6 is 0 Å². The molecule has 2 saturated heterocycles. The van der Waals surface area contributed by atoms with Gasteiger partial charge in [0, 0.05) is 31.6 Å². The van der Waals surface area contributed by atoms with Crippen molar-refractivity contribution in [1.29, 1.82) is 0 Å². The highest BCUT2D eigenvalue weighted by molar-refractivity contribution is 5.94. The number of nitrogens with zero attached hydrogens (tertiary/aromatic N) is 1. The van der Waals surface area contributed by atoms with E-state index in [0.717, 1.165) is 0 Å². The smallest absolute Gasteiger partial charge is 0.251 e. The van der Waals surface area contributed by atoms with Gasteiger partial charge in [-0.2, -0.15) is 0 Å². The van der Waals surface area contributed by atoms with E-state index in [-0.39, 0.29) is 42.6 Å². The van der Waals surface area contributed by atoms with Gasteiger partial charge in [0.15, 0.2) is 0 Å². The topological polar surface area (TPSA) is 87.7 Å². The van der Waals surface area contributed by atoms with Gasteiger partial charge in [-0.05, 0) is 24.3 Å². The SMILES string of the molecule is O=C(NCCC(=O)N1C[C@H]2COC[C@@H](C1)C(=O)N2)c1ccc(F)cc1. The van der Waals surface area contributed by atoms with Crippen LogP contribution in [0.2, 0.25) is 0 Å². The van der Waals surface area contributed by atoms with Crippen molar-refractivity contribution in [1.82, 2.24) is 15.5 Å². The molecule has 2 bridgehead atoms. The van der Waals surface area contributed by atoms with Crippen LogP contribution in [0.4, 0.5) is 4.39 Å². The molecule has 2 aliphatic rings. The fourth-order valence-corrected chi connectivity index (χ4v) is 2.98. The zero-order chi connectivity index (χ0) is 17.8. The maximum absolute atomic E-state index is 12.9. The van der Waals surface area contributed by atoms with E-state index in [1.54, 1.807) is 4.90 Å². The number of amides is 3. The summed E-state index contributed by atoms with van der Waals surface area (Å²) in [4.78, 5) is 37.9. The lowest BCUT2D eigenvalue weighted by Crippen LogP contribution is -2.45. The molecule has 134 valence electrons. The number of hydrogen-bond acceptors (Lipinski definition) is 4. The Balaban J connectivity index is 1.50. The molecule has 2 aliphatic heterocycles. The van der Waals surface area contributed by atoms with Crippen molar-refractivity contribution in [2.75, 3.05) is 32.8 Å². The number of benzene rings is 1. The van der Waals surface area contributed by atoms with Crippen LogP contribution in [0, 0.1) is 11.7 Å². The van der Waals surface area contributed by atoms with E-state index in [0.29, 0.717) is 31.9 Å². The Kier molecular flexibility index (Phi) is 5.28. The lowest BCUT2D eigenvalue weighted by Gasteiger charge is -2.27. The summed E-state index contributed by atoms with van der Waals surface area (Å²) in [6.07, 6.45) is 0.140. The molecule has 1 aromatic carbocycles. The van der Waals surface area contributed by atoms with Gasteiger partial charge in [-0.15, -0.1) is 0 Å². The first kappa shape index (κ1) is 17.3. The molecule has 3 rings (SSSR count). The number of nitrogens with one attached hydrogen (secondary N) is 2. The van der Waals surface area contributed by atoms with E-state index < -0.39 is 5.82 Å². The summed E-state index contributed by atoms with van der Waals surface area (Å²) < 4.78 is 18.3. The summed E-state index contributed by atoms with van der Waals surface area (Å²) in [6, 6.07) is 5.00. The second-order valence-corrected chi connectivity index (χ2v) is 6.25. The minimum atomic E-state index is -0.412. The second-order valence-electron chi connectivity index (χ2n) is 6.25. The third-order valence-electron chi connectivity index (χ3n) is 4.32. The second kappa shape index (κ2) is 7.60. The molecule has 0 aliphatic carbocycles. The van der Waals surface area contributed by atoms with Crippen molar-refractivity contribution < 1.29 is 23.5 Å². The van der Waals surface area contributed by atoms with E-state index in [9.17, 15) is 18.8 Å². The predicted octanol–water partition coefficient (Wildman–Crippen LogP) is -0.0810. The fraction of sp³-hybridized carbons (Fsp3) is 0.471. The highest BCUT2D eigenvalue weighted by atomic mass is 19.1. The van der Waals surface area contributed by atoms with E-state index in [1.165, 1.54) is 24.3 Å². The molecule has 0 radical (unpaired) electrons. The number of halogens is 1. The van der Waals surface area contributed by atoms with Crippen molar-refractivity contribution in [3.63, 3.8) is 0 Å². The zero-order valence-electron chi connectivity index (χ0n) is 13.7. The largest absolute Gasteiger partial charge is 0.378 e. The Morgan fingerprint density at radius 1 is 1.24 bits per heavy atom. The highest BCUT2D eigenvalue weighted by Crippen LogP contribution is 2.14. The number of carbonyl (C=O) groups excluding carboxylic acids is 3. The van der Waals surface area contributed by atoms with Gasteiger partial charge in [0.1, 0.15) is 5.82 Å². The van der Waals surface area contributed by atoms with Crippen LogP contribution < -0.4 is 10.6 Å². The Labute approximate surface area is 144 Å². The van der Waals surface area contributed by atoms with E-state index in [1.807, 2.05) is 0 Å². The van der Waals surface area contributed by atoms with Gasteiger partial charge in [0.05, 0.1) is 25.2 Å². The first-order valence-corrected chi connectivity index (χ1v) is 8.22. The minimum Gasteiger partial charge on any atom is -0.378 e. The third kappa shape index (κ3) is 4.33. The van der Waals surface area contributed by atoms with E-state index in [2.05, 4.69) is 10.6 Å². The summed E-state index contributed by atoms with van der Waals surface area (Å²) in [6.45, 7) is 1.62. The van der Waals surface area contributed by atoms with Crippen LogP contribution in [0.5, 0.6) is 0 Å². The number of carbonyl (C=O) groups is 3. The predicted molar refractivity (Wildman–Crippen MR) is 86.2 cm³/mol. The number of ether oxygens (including phenoxy) is 1. The normalized spacial score (nSPS) is 22.8. The molecule has 0 saturated carbocycles. The molecule has 2 heterocycles. The standard InChI is InChI=1S/C17H20FN3O4/c18-13-3-1-11(2-4-13)16(23)19-6-5-15(22)21-7-12-9-25-10-14(8-21)20-17(12)24/h1-4,12,14H,5-10H2,(H,19,23)(H,20,24)/t12-,14+/m1/s1. The Morgan fingerprint density at radius 2 is 2.00 bits per heavy atom. The molecule has 25 heavy (non-hydrogen) atoms. The molecule has 0 unspecified atom stereocenters. The van der Waals surface area contributed by atoms with Crippen LogP contribution in [0.3, 0.4) is 0 Å². The first-order chi connectivity index (χ1) is 12.0. The van der Waals surface area contributed by atoms with Crippen molar-refractivity contribution in [2.45, 2.75) is 12.5 Å². The van der Waals surface area contributed by atoms with Gasteiger partial charge >= 0.3 is 0 Å². The number of hydrogen-bond donors (Lipinski definition) is 2. The maximum Gasteiger partial charge on any atom is 0.251 e. The molecular weight excluding hydrogens is 329 g/mol. The van der Waals surface area contributed by atoms with Gasteiger partial charge < -0.3 is 20.3 Å². The quantitative estimate of drug-likeness (QED) is 0.796. The molecule has 1 aromatic rings. The summed E-state index contributed by atoms with van der Waals surface area (Å²) in [5.74, 6) is -1.32. The Hall–Kier alpha value is -2.48. The Bertz CT molecular complexity index is 664. The van der Waals surface area contributed by atoms with Crippen LogP contribution in [0.1, 0.15) is 16.8 Å². The Morgan fingerprint density at radius 3 is 2.76 bits per heavy atom. The van der Waals surface area contributed by atoms with Gasteiger partial charge in [-0.3, -0.25) is 14.4 Å². The van der Waals surface area contributed by atoms with Crippen molar-refractivity contribution in [3.05, 3.63) is 35.6 Å². The molecule has 3 amide bonds. The minimum absolute atomic E-state index is 0.0811. The monoisotopic (exact) mass is 349 g/mol. The molecular formula is C17H20FN3O4. The number of fused-ring (bicyclic) bond motifs is 3. The highest BCUT2D eigenvalue weighted by Gasteiger charge is 2.34. The van der Waals surface area contributed by atoms with Gasteiger partial charge in [0.25, 0.3) is 5.91 Å². The third-order valence-corrected chi connectivity index (χ3v) is 4.32. The van der Waals surface area contributed by atoms with Gasteiger partial charge in [0.2, 0.25) is 11.8 Å². The maximum atomic E-state index is 12.9. The lowest BCUT2D eigenvalue weighted by atomic mass is 10.1. The number of rotatable bonds is 4. The van der Waals surface area contributed by atoms with Crippen LogP contribution in [0.15, 0.2) is 24.3 Å².